The number of amides is 1. The van der Waals surface area contributed by atoms with Gasteiger partial charge in [-0.2, -0.15) is 0 Å². The molecule has 1 N–H and O–H groups in total. The molecule has 3 aromatic rings. The van der Waals surface area contributed by atoms with Crippen molar-refractivity contribution in [3.8, 4) is 17.2 Å². The molecule has 1 aliphatic carbocycles. The Labute approximate surface area is 232 Å². The second-order valence-electron chi connectivity index (χ2n) is 10.8. The molecule has 0 spiro atoms. The standard InChI is InChI=1S/C33H40N2O4/c1-37-30-17-27(18-31(20-30)38-2)21-34-33(36)28-11-12-32-29(19-28)16-25-7-6-8-26(15-25)23-35(22-24-9-10-24)13-4-3-5-14-39-32/h6-8,11-12,15,17-20,24H,3-5,9-10,13-14,16,21-23H2,1-2H3,(H,34,36). The summed E-state index contributed by atoms with van der Waals surface area (Å²) in [4.78, 5) is 15.8. The van der Waals surface area contributed by atoms with Gasteiger partial charge < -0.3 is 19.5 Å². The first-order valence-electron chi connectivity index (χ1n) is 14.2. The number of hydrogen-bond donors (Lipinski definition) is 1. The molecule has 6 heteroatoms. The van der Waals surface area contributed by atoms with Gasteiger partial charge in [-0.1, -0.05) is 24.3 Å². The summed E-state index contributed by atoms with van der Waals surface area (Å²) in [5.41, 5.74) is 5.17. The Hall–Kier alpha value is -3.51. The molecule has 1 saturated carbocycles. The van der Waals surface area contributed by atoms with E-state index in [-0.39, 0.29) is 5.91 Å². The largest absolute Gasteiger partial charge is 0.497 e. The van der Waals surface area contributed by atoms with E-state index in [4.69, 9.17) is 14.2 Å². The molecule has 1 fully saturated rings. The Morgan fingerprint density at radius 2 is 1.74 bits per heavy atom. The first kappa shape index (κ1) is 27.1. The number of nitrogens with one attached hydrogen (secondary N) is 1. The topological polar surface area (TPSA) is 60.0 Å². The summed E-state index contributed by atoms with van der Waals surface area (Å²) < 4.78 is 17.0. The van der Waals surface area contributed by atoms with Crippen molar-refractivity contribution in [1.82, 2.24) is 10.2 Å². The Morgan fingerprint density at radius 1 is 0.949 bits per heavy atom. The van der Waals surface area contributed by atoms with Crippen LogP contribution in [0.25, 0.3) is 0 Å². The number of carbonyl (C=O) groups is 1. The summed E-state index contributed by atoms with van der Waals surface area (Å²) in [5, 5.41) is 3.04. The normalized spacial score (nSPS) is 16.4. The van der Waals surface area contributed by atoms with E-state index >= 15 is 0 Å². The van der Waals surface area contributed by atoms with Gasteiger partial charge in [0.1, 0.15) is 17.2 Å². The number of nitrogens with zero attached hydrogens (tertiary/aromatic N) is 1. The molecular weight excluding hydrogens is 488 g/mol. The summed E-state index contributed by atoms with van der Waals surface area (Å²) in [6.45, 7) is 4.44. The number of hydrogen-bond acceptors (Lipinski definition) is 5. The second-order valence-corrected chi connectivity index (χ2v) is 10.8. The Balaban J connectivity index is 1.33. The first-order valence-corrected chi connectivity index (χ1v) is 14.2. The van der Waals surface area contributed by atoms with E-state index in [0.717, 1.165) is 55.1 Å². The van der Waals surface area contributed by atoms with Crippen LogP contribution in [0, 0.1) is 5.92 Å². The second kappa shape index (κ2) is 13.0. The van der Waals surface area contributed by atoms with Crippen LogP contribution in [0.5, 0.6) is 17.2 Å². The van der Waals surface area contributed by atoms with Crippen LogP contribution in [0.1, 0.15) is 64.7 Å². The van der Waals surface area contributed by atoms with Gasteiger partial charge in [-0.3, -0.25) is 9.69 Å². The minimum Gasteiger partial charge on any atom is -0.497 e. The monoisotopic (exact) mass is 528 g/mol. The van der Waals surface area contributed by atoms with Gasteiger partial charge in [0, 0.05) is 37.7 Å². The van der Waals surface area contributed by atoms with Crippen molar-refractivity contribution in [2.24, 2.45) is 5.92 Å². The van der Waals surface area contributed by atoms with Crippen molar-refractivity contribution in [2.45, 2.75) is 51.6 Å². The van der Waals surface area contributed by atoms with Crippen LogP contribution < -0.4 is 19.5 Å². The first-order chi connectivity index (χ1) is 19.1. The van der Waals surface area contributed by atoms with E-state index in [2.05, 4.69) is 34.5 Å². The minimum absolute atomic E-state index is 0.122. The number of benzene rings is 3. The van der Waals surface area contributed by atoms with Gasteiger partial charge in [0.05, 0.1) is 20.8 Å². The number of rotatable bonds is 7. The molecule has 5 rings (SSSR count). The van der Waals surface area contributed by atoms with Crippen molar-refractivity contribution >= 4 is 5.91 Å². The third-order valence-electron chi connectivity index (χ3n) is 7.57. The molecular formula is C33H40N2O4. The lowest BCUT2D eigenvalue weighted by molar-refractivity contribution is 0.0950. The molecule has 0 aromatic heterocycles. The molecule has 0 saturated heterocycles. The molecule has 1 amide bonds. The zero-order valence-electron chi connectivity index (χ0n) is 23.2. The van der Waals surface area contributed by atoms with Crippen molar-refractivity contribution in [3.05, 3.63) is 88.5 Å². The highest BCUT2D eigenvalue weighted by molar-refractivity contribution is 5.94. The van der Waals surface area contributed by atoms with E-state index in [1.165, 1.54) is 36.9 Å². The molecule has 206 valence electrons. The van der Waals surface area contributed by atoms with Crippen molar-refractivity contribution in [1.29, 1.82) is 0 Å². The van der Waals surface area contributed by atoms with Crippen molar-refractivity contribution < 1.29 is 19.0 Å². The van der Waals surface area contributed by atoms with Gasteiger partial charge in [-0.25, -0.2) is 0 Å². The molecule has 0 atom stereocenters. The maximum Gasteiger partial charge on any atom is 0.251 e. The molecule has 1 heterocycles. The lowest BCUT2D eigenvalue weighted by Gasteiger charge is -2.23. The van der Waals surface area contributed by atoms with Gasteiger partial charge in [0.15, 0.2) is 0 Å². The Morgan fingerprint density at radius 3 is 2.51 bits per heavy atom. The van der Waals surface area contributed by atoms with Crippen LogP contribution in [-0.2, 0) is 19.5 Å². The predicted molar refractivity (Wildman–Crippen MR) is 154 cm³/mol. The van der Waals surface area contributed by atoms with Gasteiger partial charge in [-0.15, -0.1) is 0 Å². The highest BCUT2D eigenvalue weighted by Crippen LogP contribution is 2.31. The van der Waals surface area contributed by atoms with Crippen LogP contribution >= 0.6 is 0 Å². The van der Waals surface area contributed by atoms with Crippen molar-refractivity contribution in [2.75, 3.05) is 33.9 Å². The van der Waals surface area contributed by atoms with Crippen LogP contribution in [0.15, 0.2) is 60.7 Å². The fourth-order valence-electron chi connectivity index (χ4n) is 5.27. The smallest absolute Gasteiger partial charge is 0.251 e. The lowest BCUT2D eigenvalue weighted by Crippen LogP contribution is -2.27. The zero-order chi connectivity index (χ0) is 27.0. The molecule has 0 radical (unpaired) electrons. The highest BCUT2D eigenvalue weighted by Gasteiger charge is 2.24. The maximum atomic E-state index is 13.2. The van der Waals surface area contributed by atoms with Gasteiger partial charge >= 0.3 is 0 Å². The van der Waals surface area contributed by atoms with Crippen LogP contribution in [-0.4, -0.2) is 44.7 Å². The fraction of sp³-hybridized carbons (Fsp3) is 0.424. The number of fused-ring (bicyclic) bond motifs is 3. The molecule has 39 heavy (non-hydrogen) atoms. The quantitative estimate of drug-likeness (QED) is 0.408. The predicted octanol–water partition coefficient (Wildman–Crippen LogP) is 6.00. The molecule has 3 aromatic carbocycles. The summed E-state index contributed by atoms with van der Waals surface area (Å²) in [6, 6.07) is 20.3. The highest BCUT2D eigenvalue weighted by atomic mass is 16.5. The van der Waals surface area contributed by atoms with Crippen LogP contribution in [0.3, 0.4) is 0 Å². The lowest BCUT2D eigenvalue weighted by atomic mass is 9.99. The van der Waals surface area contributed by atoms with E-state index in [1.807, 2.05) is 36.4 Å². The fourth-order valence-corrected chi connectivity index (χ4v) is 5.27. The van der Waals surface area contributed by atoms with Gasteiger partial charge in [0.2, 0.25) is 0 Å². The molecule has 2 aliphatic rings. The third kappa shape index (κ3) is 7.76. The summed E-state index contributed by atoms with van der Waals surface area (Å²) in [7, 11) is 3.24. The molecule has 2 bridgehead atoms. The molecule has 0 unspecified atom stereocenters. The summed E-state index contributed by atoms with van der Waals surface area (Å²) in [5.74, 6) is 3.02. The van der Waals surface area contributed by atoms with Crippen molar-refractivity contribution in [3.63, 3.8) is 0 Å². The minimum atomic E-state index is -0.122. The average Bonchev–Trinajstić information content (AvgIpc) is 3.77. The average molecular weight is 529 g/mol. The summed E-state index contributed by atoms with van der Waals surface area (Å²) in [6.07, 6.45) is 6.87. The van der Waals surface area contributed by atoms with E-state index in [9.17, 15) is 4.79 Å². The molecule has 6 nitrogen and oxygen atoms in total. The van der Waals surface area contributed by atoms with E-state index in [1.54, 1.807) is 14.2 Å². The molecule has 1 aliphatic heterocycles. The third-order valence-corrected chi connectivity index (χ3v) is 7.57. The Kier molecular flexibility index (Phi) is 9.04. The number of methoxy groups -OCH3 is 2. The van der Waals surface area contributed by atoms with Crippen LogP contribution in [0.2, 0.25) is 0 Å². The number of ether oxygens (including phenoxy) is 3. The van der Waals surface area contributed by atoms with Crippen LogP contribution in [0.4, 0.5) is 0 Å². The van der Waals surface area contributed by atoms with E-state index < -0.39 is 0 Å². The number of carbonyl (C=O) groups excluding carboxylic acids is 1. The SMILES string of the molecule is COc1cc(CNC(=O)c2ccc3c(c2)Cc2cccc(c2)CN(CC2CC2)CCCCCO3)cc(OC)c1. The Bertz CT molecular complexity index is 1250. The summed E-state index contributed by atoms with van der Waals surface area (Å²) >= 11 is 0. The van der Waals surface area contributed by atoms with Gasteiger partial charge in [0.25, 0.3) is 5.91 Å². The maximum absolute atomic E-state index is 13.2. The van der Waals surface area contributed by atoms with E-state index in [0.29, 0.717) is 30.2 Å². The van der Waals surface area contributed by atoms with Gasteiger partial charge in [-0.05, 0) is 97.2 Å². The zero-order valence-corrected chi connectivity index (χ0v) is 23.2.